The van der Waals surface area contributed by atoms with Crippen molar-refractivity contribution in [1.29, 1.82) is 0 Å². The van der Waals surface area contributed by atoms with Gasteiger partial charge >= 0.3 is 0 Å². The Hall–Kier alpha value is -8.76. The summed E-state index contributed by atoms with van der Waals surface area (Å²) in [7, 11) is -2.91. The Labute approximate surface area is 407 Å². The highest BCUT2D eigenvalue weighted by Gasteiger charge is 2.51. The summed E-state index contributed by atoms with van der Waals surface area (Å²) in [4.78, 5) is 0. The minimum atomic E-state index is -2.91. The van der Waals surface area contributed by atoms with E-state index in [9.17, 15) is 0 Å². The summed E-state index contributed by atoms with van der Waals surface area (Å²) >= 11 is 0. The number of hydrogen-bond donors (Lipinski definition) is 0. The Morgan fingerprint density at radius 1 is 0.286 bits per heavy atom. The Kier molecular flexibility index (Phi) is 8.34. The molecule has 2 aromatic heterocycles. The van der Waals surface area contributed by atoms with Crippen LogP contribution < -0.4 is 20.7 Å². The maximum Gasteiger partial charge on any atom is 0.179 e. The minimum Gasteiger partial charge on any atom is -0.309 e. The van der Waals surface area contributed by atoms with E-state index in [1.165, 1.54) is 120 Å². The van der Waals surface area contributed by atoms with Gasteiger partial charge in [0.25, 0.3) is 0 Å². The average Bonchev–Trinajstić information content (AvgIpc) is 4.06. The summed E-state index contributed by atoms with van der Waals surface area (Å²) in [5, 5.41) is 10.5. The van der Waals surface area contributed by atoms with E-state index in [0.29, 0.717) is 0 Å². The lowest BCUT2D eigenvalue weighted by Gasteiger charge is -2.41. The van der Waals surface area contributed by atoms with Crippen molar-refractivity contribution in [2.75, 3.05) is 0 Å². The van der Waals surface area contributed by atoms with Crippen LogP contribution in [0.2, 0.25) is 0 Å². The predicted molar refractivity (Wildman–Crippen MR) is 295 cm³/mol. The van der Waals surface area contributed by atoms with Crippen LogP contribution in [-0.2, 0) is 5.41 Å². The first kappa shape index (κ1) is 39.3. The van der Waals surface area contributed by atoms with Crippen LogP contribution in [0, 0.1) is 0 Å². The molecule has 70 heavy (non-hydrogen) atoms. The predicted octanol–water partition coefficient (Wildman–Crippen LogP) is 13.6. The van der Waals surface area contributed by atoms with Crippen LogP contribution in [0.4, 0.5) is 0 Å². The second kappa shape index (κ2) is 14.9. The Balaban J connectivity index is 1.04. The number of nitrogens with zero attached hydrogens (tertiary/aromatic N) is 2. The van der Waals surface area contributed by atoms with E-state index < -0.39 is 13.5 Å². The first-order valence-electron chi connectivity index (χ1n) is 24.4. The Morgan fingerprint density at radius 3 is 1.37 bits per heavy atom. The van der Waals surface area contributed by atoms with Gasteiger partial charge in [-0.05, 0) is 114 Å². The molecule has 11 aromatic carbocycles. The van der Waals surface area contributed by atoms with Crippen LogP contribution in [-0.4, -0.2) is 17.2 Å². The number of benzene rings is 11. The average molecular weight is 905 g/mol. The molecule has 326 valence electrons. The molecule has 2 aliphatic rings. The third-order valence-electron chi connectivity index (χ3n) is 15.9. The third kappa shape index (κ3) is 5.16. The molecule has 0 saturated heterocycles. The summed E-state index contributed by atoms with van der Waals surface area (Å²) in [5.74, 6) is 0. The lowest BCUT2D eigenvalue weighted by atomic mass is 9.65. The molecule has 0 unspecified atom stereocenters. The van der Waals surface area contributed by atoms with Crippen LogP contribution in [0.15, 0.2) is 267 Å². The van der Waals surface area contributed by atoms with Crippen LogP contribution in [0.25, 0.3) is 77.2 Å². The molecule has 3 heterocycles. The van der Waals surface area contributed by atoms with E-state index in [1.807, 2.05) is 0 Å². The van der Waals surface area contributed by atoms with Crippen molar-refractivity contribution in [3.8, 4) is 33.6 Å². The first-order valence-corrected chi connectivity index (χ1v) is 26.4. The summed E-state index contributed by atoms with van der Waals surface area (Å²) < 4.78 is 5.03. The van der Waals surface area contributed by atoms with Gasteiger partial charge in [-0.2, -0.15) is 0 Å². The molecule has 1 aliphatic carbocycles. The summed E-state index contributed by atoms with van der Waals surface area (Å²) in [5.41, 5.74) is 17.1. The van der Waals surface area contributed by atoms with E-state index in [0.717, 1.165) is 0 Å². The highest BCUT2D eigenvalue weighted by molar-refractivity contribution is 7.19. The molecular weight excluding hydrogens is 861 g/mol. The Morgan fingerprint density at radius 2 is 0.757 bits per heavy atom. The molecule has 2 nitrogen and oxygen atoms in total. The number of hydrogen-bond acceptors (Lipinski definition) is 0. The van der Waals surface area contributed by atoms with Crippen molar-refractivity contribution in [3.63, 3.8) is 0 Å². The maximum absolute atomic E-state index is 2.91. The second-order valence-electron chi connectivity index (χ2n) is 19.1. The molecule has 0 fully saturated rings. The molecule has 1 spiro atoms. The SMILES string of the molecule is c1ccc(-n2c3ccccc3c3cc(-c4ccc5c(c4)c4cccc6c4n5-c4cc([Si](c5ccccc5)(c5ccccc5)c5ccccc5)ccc4C64c5ccccc5-c5ccccc54)ccc32)cc1. The quantitative estimate of drug-likeness (QED) is 0.116. The fraction of sp³-hybridized carbons (Fsp3) is 0.0149. The zero-order valence-electron chi connectivity index (χ0n) is 38.3. The normalized spacial score (nSPS) is 13.3. The zero-order valence-corrected chi connectivity index (χ0v) is 39.3. The standard InChI is InChI=1S/C67H44N2Si/c1-5-20-47(21-6-1)68-62-35-18-15-30-54(62)56-42-45(36-40-63(56)68)46-37-41-64-57(43-46)55-31-19-34-61-66(55)69(64)65-44-51(38-39-60(65)67(61)58-32-16-13-28-52(58)53-29-14-17-33-59(53)67)70(48-22-7-2-8-23-48,49-24-9-3-10-25-49)50-26-11-4-12-27-50/h1-44H. The number of para-hydroxylation sites is 3. The molecule has 13 aromatic rings. The van der Waals surface area contributed by atoms with Crippen LogP contribution in [0.1, 0.15) is 22.3 Å². The van der Waals surface area contributed by atoms with Crippen LogP contribution >= 0.6 is 0 Å². The molecular formula is C67H44N2Si. The lowest BCUT2D eigenvalue weighted by Crippen LogP contribution is -2.74. The molecule has 3 heteroatoms. The van der Waals surface area contributed by atoms with E-state index >= 15 is 0 Å². The van der Waals surface area contributed by atoms with E-state index in [4.69, 9.17) is 0 Å². The molecule has 0 amide bonds. The molecule has 0 atom stereocenters. The highest BCUT2D eigenvalue weighted by atomic mass is 28.3. The number of rotatable bonds is 6. The summed E-state index contributed by atoms with van der Waals surface area (Å²) in [6.45, 7) is 0. The molecule has 0 radical (unpaired) electrons. The smallest absolute Gasteiger partial charge is 0.179 e. The highest BCUT2D eigenvalue weighted by Crippen LogP contribution is 2.61. The van der Waals surface area contributed by atoms with Gasteiger partial charge in [0, 0.05) is 27.2 Å². The van der Waals surface area contributed by atoms with Crippen molar-refractivity contribution in [3.05, 3.63) is 289 Å². The molecule has 15 rings (SSSR count). The summed E-state index contributed by atoms with van der Waals surface area (Å²) in [6, 6.07) is 101. The maximum atomic E-state index is 2.63. The van der Waals surface area contributed by atoms with E-state index in [2.05, 4.69) is 276 Å². The minimum absolute atomic E-state index is 0.539. The van der Waals surface area contributed by atoms with Crippen molar-refractivity contribution >= 4 is 72.4 Å². The van der Waals surface area contributed by atoms with Gasteiger partial charge in [-0.25, -0.2) is 0 Å². The van der Waals surface area contributed by atoms with Crippen LogP contribution in [0.3, 0.4) is 0 Å². The van der Waals surface area contributed by atoms with Gasteiger partial charge < -0.3 is 9.13 Å². The van der Waals surface area contributed by atoms with Crippen LogP contribution in [0.5, 0.6) is 0 Å². The molecule has 0 N–H and O–H groups in total. The molecule has 0 bridgehead atoms. The molecule has 1 aliphatic heterocycles. The lowest BCUT2D eigenvalue weighted by molar-refractivity contribution is 0.749. The Bertz CT molecular complexity index is 4080. The topological polar surface area (TPSA) is 9.86 Å². The van der Waals surface area contributed by atoms with Crippen molar-refractivity contribution in [1.82, 2.24) is 9.13 Å². The van der Waals surface area contributed by atoms with Crippen molar-refractivity contribution in [2.45, 2.75) is 5.41 Å². The van der Waals surface area contributed by atoms with Crippen molar-refractivity contribution in [2.24, 2.45) is 0 Å². The van der Waals surface area contributed by atoms with E-state index in [-0.39, 0.29) is 0 Å². The second-order valence-corrected chi connectivity index (χ2v) is 22.9. The van der Waals surface area contributed by atoms with Gasteiger partial charge in [-0.3, -0.25) is 0 Å². The van der Waals surface area contributed by atoms with Gasteiger partial charge in [0.05, 0.1) is 33.2 Å². The fourth-order valence-electron chi connectivity index (χ4n) is 13.1. The van der Waals surface area contributed by atoms with Gasteiger partial charge in [-0.1, -0.05) is 218 Å². The third-order valence-corrected chi connectivity index (χ3v) is 20.6. The first-order chi connectivity index (χ1) is 34.7. The van der Waals surface area contributed by atoms with Gasteiger partial charge in [0.15, 0.2) is 8.07 Å². The number of aromatic nitrogens is 2. The van der Waals surface area contributed by atoms with Gasteiger partial charge in [0.2, 0.25) is 0 Å². The monoisotopic (exact) mass is 904 g/mol. The molecule has 0 saturated carbocycles. The zero-order chi connectivity index (χ0) is 46.0. The van der Waals surface area contributed by atoms with Gasteiger partial charge in [-0.15, -0.1) is 0 Å². The fourth-order valence-corrected chi connectivity index (χ4v) is 17.9. The number of fused-ring (bicyclic) bond motifs is 15. The van der Waals surface area contributed by atoms with Gasteiger partial charge in [0.1, 0.15) is 0 Å². The van der Waals surface area contributed by atoms with Crippen molar-refractivity contribution < 1.29 is 0 Å². The summed E-state index contributed by atoms with van der Waals surface area (Å²) in [6.07, 6.45) is 0. The largest absolute Gasteiger partial charge is 0.309 e. The van der Waals surface area contributed by atoms with E-state index in [1.54, 1.807) is 0 Å².